The summed E-state index contributed by atoms with van der Waals surface area (Å²) in [5.74, 6) is -0.981. The summed E-state index contributed by atoms with van der Waals surface area (Å²) < 4.78 is 4.65. The van der Waals surface area contributed by atoms with Gasteiger partial charge in [-0.3, -0.25) is 0 Å². The third-order valence-corrected chi connectivity index (χ3v) is 0.845. The summed E-state index contributed by atoms with van der Waals surface area (Å²) in [4.78, 5) is 9.25. The van der Waals surface area contributed by atoms with Crippen molar-refractivity contribution < 1.29 is 24.9 Å². The Kier molecular flexibility index (Phi) is 12.5. The van der Waals surface area contributed by atoms with E-state index in [0.29, 0.717) is 6.61 Å². The van der Waals surface area contributed by atoms with Crippen molar-refractivity contribution >= 4 is 5.97 Å². The zero-order valence-electron chi connectivity index (χ0n) is 7.64. The molecule has 5 heteroatoms. The molecule has 3 N–H and O–H groups in total. The average Bonchev–Trinajstić information content (AvgIpc) is 2.15. The molecule has 0 saturated heterocycles. The zero-order valence-corrected chi connectivity index (χ0v) is 7.64. The third-order valence-electron chi connectivity index (χ3n) is 0.845. The van der Waals surface area contributed by atoms with E-state index in [-0.39, 0.29) is 6.61 Å². The largest absolute Gasteiger partial charge is 0.478 e. The van der Waals surface area contributed by atoms with Crippen LogP contribution in [0.2, 0.25) is 0 Å². The first-order chi connectivity index (χ1) is 6.08. The molecule has 0 heterocycles. The fraction of sp³-hybridized carbons (Fsp3) is 0.625. The summed E-state index contributed by atoms with van der Waals surface area (Å²) in [7, 11) is 0. The predicted octanol–water partition coefficient (Wildman–Crippen LogP) is -0.0193. The summed E-state index contributed by atoms with van der Waals surface area (Å²) >= 11 is 0. The predicted molar refractivity (Wildman–Crippen MR) is 47.2 cm³/mol. The van der Waals surface area contributed by atoms with Crippen LogP contribution in [0.1, 0.15) is 13.3 Å². The highest BCUT2D eigenvalue weighted by Gasteiger charge is 1.97. The van der Waals surface area contributed by atoms with Gasteiger partial charge in [-0.1, -0.05) is 13.5 Å². The van der Waals surface area contributed by atoms with Gasteiger partial charge in [0.2, 0.25) is 0 Å². The molecule has 0 amide bonds. The number of hydrogen-bond acceptors (Lipinski definition) is 4. The number of ether oxygens (including phenoxy) is 1. The van der Waals surface area contributed by atoms with Gasteiger partial charge in [-0.25, -0.2) is 4.79 Å². The quantitative estimate of drug-likeness (QED) is 0.421. The van der Waals surface area contributed by atoms with Gasteiger partial charge in [0.25, 0.3) is 0 Å². The molecule has 0 rings (SSSR count). The van der Waals surface area contributed by atoms with E-state index in [2.05, 4.69) is 11.3 Å². The second-order valence-electron chi connectivity index (χ2n) is 2.05. The molecule has 0 saturated carbocycles. The van der Waals surface area contributed by atoms with E-state index in [4.69, 9.17) is 15.3 Å². The highest BCUT2D eigenvalue weighted by molar-refractivity contribution is 5.78. The lowest BCUT2D eigenvalue weighted by atomic mass is 10.5. The highest BCUT2D eigenvalue weighted by Crippen LogP contribution is 1.85. The van der Waals surface area contributed by atoms with Gasteiger partial charge in [-0.05, 0) is 6.42 Å². The monoisotopic (exact) mass is 192 g/mol. The van der Waals surface area contributed by atoms with Gasteiger partial charge in [0.1, 0.15) is 0 Å². The van der Waals surface area contributed by atoms with Crippen molar-refractivity contribution in [2.45, 2.75) is 19.6 Å². The van der Waals surface area contributed by atoms with E-state index >= 15 is 0 Å². The second kappa shape index (κ2) is 11.1. The molecule has 78 valence electrons. The first kappa shape index (κ1) is 14.6. The highest BCUT2D eigenvalue weighted by atomic mass is 16.6. The Balaban J connectivity index is 0. The van der Waals surface area contributed by atoms with Gasteiger partial charge in [0.05, 0.1) is 6.61 Å². The minimum atomic E-state index is -0.991. The van der Waals surface area contributed by atoms with Crippen LogP contribution in [-0.2, 0) is 9.53 Å². The molecule has 1 unspecified atom stereocenters. The van der Waals surface area contributed by atoms with Crippen molar-refractivity contribution in [3.63, 3.8) is 0 Å². The lowest BCUT2D eigenvalue weighted by Crippen LogP contribution is -2.16. The number of aliphatic hydroxyl groups is 2. The molecule has 0 aliphatic heterocycles. The van der Waals surface area contributed by atoms with Gasteiger partial charge in [0.15, 0.2) is 6.29 Å². The second-order valence-corrected chi connectivity index (χ2v) is 2.05. The Hall–Kier alpha value is -0.910. The summed E-state index contributed by atoms with van der Waals surface area (Å²) in [6, 6.07) is 0. The Morgan fingerprint density at radius 3 is 2.38 bits per heavy atom. The van der Waals surface area contributed by atoms with Crippen LogP contribution in [0.4, 0.5) is 0 Å². The third kappa shape index (κ3) is 18.2. The van der Waals surface area contributed by atoms with Crippen LogP contribution in [0.25, 0.3) is 0 Å². The molecule has 5 nitrogen and oxygen atoms in total. The van der Waals surface area contributed by atoms with Gasteiger partial charge in [-0.15, -0.1) is 0 Å². The first-order valence-corrected chi connectivity index (χ1v) is 3.84. The maximum absolute atomic E-state index is 9.25. The molecule has 0 aromatic heterocycles. The molecule has 1 atom stereocenters. The molecule has 0 fully saturated rings. The first-order valence-electron chi connectivity index (χ1n) is 3.84. The number of carboxylic acids is 1. The SMILES string of the molecule is C=CC(=O)O.CCCOC(O)CO. The molecule has 0 bridgehead atoms. The summed E-state index contributed by atoms with van der Waals surface area (Å²) in [5, 5.41) is 24.3. The lowest BCUT2D eigenvalue weighted by Gasteiger charge is -2.05. The standard InChI is InChI=1S/C5H12O3.C3H4O2/c1-2-3-8-5(7)4-6;1-2-3(4)5/h5-7H,2-4H2,1H3;2H,1H2,(H,4,5). The van der Waals surface area contributed by atoms with Crippen LogP contribution in [0.5, 0.6) is 0 Å². The maximum atomic E-state index is 9.25. The lowest BCUT2D eigenvalue weighted by molar-refractivity contribution is -0.131. The molecule has 0 aliphatic rings. The summed E-state index contributed by atoms with van der Waals surface area (Å²) in [6.45, 7) is 5.08. The van der Waals surface area contributed by atoms with Crippen LogP contribution >= 0.6 is 0 Å². The van der Waals surface area contributed by atoms with Crippen molar-refractivity contribution in [3.8, 4) is 0 Å². The van der Waals surface area contributed by atoms with Gasteiger partial charge >= 0.3 is 5.97 Å². The van der Waals surface area contributed by atoms with Crippen LogP contribution in [0.15, 0.2) is 12.7 Å². The fourth-order valence-corrected chi connectivity index (χ4v) is 0.307. The number of hydrogen-bond donors (Lipinski definition) is 3. The molecule has 0 aliphatic carbocycles. The van der Waals surface area contributed by atoms with Gasteiger partial charge < -0.3 is 20.1 Å². The normalized spacial score (nSPS) is 11.0. The molecule has 13 heavy (non-hydrogen) atoms. The molecular weight excluding hydrogens is 176 g/mol. The molecule has 0 aromatic carbocycles. The topological polar surface area (TPSA) is 87.0 Å². The smallest absolute Gasteiger partial charge is 0.327 e. The van der Waals surface area contributed by atoms with Crippen LogP contribution < -0.4 is 0 Å². The van der Waals surface area contributed by atoms with E-state index in [1.54, 1.807) is 0 Å². The van der Waals surface area contributed by atoms with Crippen molar-refractivity contribution in [3.05, 3.63) is 12.7 Å². The van der Waals surface area contributed by atoms with Crippen LogP contribution in [0.3, 0.4) is 0 Å². The van der Waals surface area contributed by atoms with Crippen molar-refractivity contribution in [2.24, 2.45) is 0 Å². The van der Waals surface area contributed by atoms with Crippen LogP contribution in [0, 0.1) is 0 Å². The average molecular weight is 192 g/mol. The minimum Gasteiger partial charge on any atom is -0.478 e. The zero-order chi connectivity index (χ0) is 10.7. The van der Waals surface area contributed by atoms with E-state index in [9.17, 15) is 4.79 Å². The Bertz CT molecular complexity index is 134. The molecule has 0 radical (unpaired) electrons. The number of carboxylic acid groups (broad SMARTS) is 1. The summed E-state index contributed by atoms with van der Waals surface area (Å²) in [6.07, 6.45) is 0.701. The molecule has 0 spiro atoms. The maximum Gasteiger partial charge on any atom is 0.327 e. The van der Waals surface area contributed by atoms with E-state index in [1.165, 1.54) is 0 Å². The van der Waals surface area contributed by atoms with Crippen molar-refractivity contribution in [2.75, 3.05) is 13.2 Å². The van der Waals surface area contributed by atoms with Crippen molar-refractivity contribution in [1.82, 2.24) is 0 Å². The Labute approximate surface area is 77.3 Å². The number of rotatable bonds is 5. The molecular formula is C8H16O5. The number of carbonyl (C=O) groups is 1. The van der Waals surface area contributed by atoms with E-state index in [0.717, 1.165) is 12.5 Å². The van der Waals surface area contributed by atoms with Crippen molar-refractivity contribution in [1.29, 1.82) is 0 Å². The van der Waals surface area contributed by atoms with Gasteiger partial charge in [0, 0.05) is 12.7 Å². The van der Waals surface area contributed by atoms with Crippen LogP contribution in [-0.4, -0.2) is 40.8 Å². The fourth-order valence-electron chi connectivity index (χ4n) is 0.307. The Morgan fingerprint density at radius 2 is 2.15 bits per heavy atom. The van der Waals surface area contributed by atoms with Gasteiger partial charge in [-0.2, -0.15) is 0 Å². The molecule has 0 aromatic rings. The summed E-state index contributed by atoms with van der Waals surface area (Å²) in [5.41, 5.74) is 0. The number of aliphatic hydroxyl groups excluding tert-OH is 2. The van der Waals surface area contributed by atoms with E-state index in [1.807, 2.05) is 6.92 Å². The Morgan fingerprint density at radius 1 is 1.69 bits per heavy atom. The number of aliphatic carboxylic acids is 1. The van der Waals surface area contributed by atoms with E-state index < -0.39 is 12.3 Å². The minimum absolute atomic E-state index is 0.319.